The fraction of sp³-hybridized carbons (Fsp3) is 0.100. The molecule has 26 heavy (non-hydrogen) atoms. The summed E-state index contributed by atoms with van der Waals surface area (Å²) in [4.78, 5) is 25.9. The number of carbonyl (C=O) groups excluding carboxylic acids is 2. The number of benzene rings is 2. The molecule has 6 heteroatoms. The van der Waals surface area contributed by atoms with E-state index in [1.165, 1.54) is 25.6 Å². The van der Waals surface area contributed by atoms with Crippen molar-refractivity contribution >= 4 is 28.9 Å². The first kappa shape index (κ1) is 17.7. The fourth-order valence-electron chi connectivity index (χ4n) is 2.43. The van der Waals surface area contributed by atoms with Crippen molar-refractivity contribution < 1.29 is 19.1 Å². The standard InChI is InChI=1S/C20H17NO4S/c1-24-15-10-6-9-14(11-15)19(22)21-16-12-17(13-7-4-3-5-8-13)26-18(16)20(23)25-2/h3-12H,1-2H3,(H,21,22). The molecule has 0 radical (unpaired) electrons. The van der Waals surface area contributed by atoms with Crippen LogP contribution in [0.3, 0.4) is 0 Å². The molecule has 3 rings (SSSR count). The summed E-state index contributed by atoms with van der Waals surface area (Å²) in [5.74, 6) is -0.231. The fourth-order valence-corrected chi connectivity index (χ4v) is 3.47. The molecule has 0 atom stereocenters. The number of carbonyl (C=O) groups is 2. The Morgan fingerprint density at radius 1 is 0.962 bits per heavy atom. The van der Waals surface area contributed by atoms with Crippen LogP contribution in [0.25, 0.3) is 10.4 Å². The lowest BCUT2D eigenvalue weighted by Crippen LogP contribution is -2.14. The molecule has 0 aliphatic heterocycles. The van der Waals surface area contributed by atoms with Crippen LogP contribution < -0.4 is 10.1 Å². The lowest BCUT2D eigenvalue weighted by atomic mass is 10.1. The molecule has 5 nitrogen and oxygen atoms in total. The lowest BCUT2D eigenvalue weighted by molar-refractivity contribution is 0.0607. The lowest BCUT2D eigenvalue weighted by Gasteiger charge is -2.07. The van der Waals surface area contributed by atoms with E-state index in [1.54, 1.807) is 30.3 Å². The van der Waals surface area contributed by atoms with Gasteiger partial charge in [-0.15, -0.1) is 11.3 Å². The first-order valence-electron chi connectivity index (χ1n) is 7.85. The van der Waals surface area contributed by atoms with E-state index in [0.29, 0.717) is 21.9 Å². The van der Waals surface area contributed by atoms with E-state index in [0.717, 1.165) is 10.4 Å². The highest BCUT2D eigenvalue weighted by molar-refractivity contribution is 7.18. The minimum atomic E-state index is -0.488. The highest BCUT2D eigenvalue weighted by atomic mass is 32.1. The molecule has 0 fully saturated rings. The average Bonchev–Trinajstić information content (AvgIpc) is 3.11. The number of hydrogen-bond donors (Lipinski definition) is 1. The zero-order valence-electron chi connectivity index (χ0n) is 14.3. The quantitative estimate of drug-likeness (QED) is 0.676. The van der Waals surface area contributed by atoms with Gasteiger partial charge in [-0.3, -0.25) is 4.79 Å². The number of hydrogen-bond acceptors (Lipinski definition) is 5. The van der Waals surface area contributed by atoms with Crippen LogP contribution in [-0.4, -0.2) is 26.1 Å². The first-order chi connectivity index (χ1) is 12.6. The summed E-state index contributed by atoms with van der Waals surface area (Å²) in [5.41, 5.74) is 1.82. The van der Waals surface area contributed by atoms with E-state index >= 15 is 0 Å². The monoisotopic (exact) mass is 367 g/mol. The van der Waals surface area contributed by atoms with E-state index in [9.17, 15) is 9.59 Å². The zero-order valence-corrected chi connectivity index (χ0v) is 15.1. The molecule has 3 aromatic rings. The Labute approximate surface area is 155 Å². The van der Waals surface area contributed by atoms with Gasteiger partial charge >= 0.3 is 5.97 Å². The maximum absolute atomic E-state index is 12.6. The van der Waals surface area contributed by atoms with Gasteiger partial charge in [-0.25, -0.2) is 4.79 Å². The summed E-state index contributed by atoms with van der Waals surface area (Å²) < 4.78 is 9.99. The number of methoxy groups -OCH3 is 2. The number of rotatable bonds is 5. The Morgan fingerprint density at radius 3 is 2.42 bits per heavy atom. The molecule has 2 aromatic carbocycles. The predicted octanol–water partition coefficient (Wildman–Crippen LogP) is 4.46. The van der Waals surface area contributed by atoms with Crippen molar-refractivity contribution in [3.8, 4) is 16.2 Å². The van der Waals surface area contributed by atoms with E-state index in [1.807, 2.05) is 30.3 Å². The molecule has 0 spiro atoms. The SMILES string of the molecule is COC(=O)c1sc(-c2ccccc2)cc1NC(=O)c1cccc(OC)c1. The largest absolute Gasteiger partial charge is 0.497 e. The Morgan fingerprint density at radius 2 is 1.73 bits per heavy atom. The normalized spacial score (nSPS) is 10.2. The Bertz CT molecular complexity index is 934. The summed E-state index contributed by atoms with van der Waals surface area (Å²) >= 11 is 1.28. The second-order valence-electron chi connectivity index (χ2n) is 5.40. The Hall–Kier alpha value is -3.12. The number of esters is 1. The van der Waals surface area contributed by atoms with Gasteiger partial charge < -0.3 is 14.8 Å². The third kappa shape index (κ3) is 3.75. The molecule has 1 N–H and O–H groups in total. The maximum atomic E-state index is 12.6. The number of thiophene rings is 1. The molecule has 0 saturated heterocycles. The maximum Gasteiger partial charge on any atom is 0.350 e. The molecule has 1 heterocycles. The van der Waals surface area contributed by atoms with Crippen molar-refractivity contribution in [2.24, 2.45) is 0 Å². The Kier molecular flexibility index (Phi) is 5.34. The highest BCUT2D eigenvalue weighted by Gasteiger charge is 2.20. The summed E-state index contributed by atoms with van der Waals surface area (Å²) in [6.07, 6.45) is 0. The summed E-state index contributed by atoms with van der Waals surface area (Å²) in [7, 11) is 2.86. The van der Waals surface area contributed by atoms with E-state index in [-0.39, 0.29) is 5.91 Å². The number of ether oxygens (including phenoxy) is 2. The molecule has 0 bridgehead atoms. The number of nitrogens with one attached hydrogen (secondary N) is 1. The van der Waals surface area contributed by atoms with Gasteiger partial charge in [-0.1, -0.05) is 36.4 Å². The zero-order chi connectivity index (χ0) is 18.5. The van der Waals surface area contributed by atoms with Crippen LogP contribution >= 0.6 is 11.3 Å². The molecule has 0 aliphatic carbocycles. The van der Waals surface area contributed by atoms with Gasteiger partial charge in [0.2, 0.25) is 0 Å². The minimum absolute atomic E-state index is 0.327. The van der Waals surface area contributed by atoms with E-state index in [2.05, 4.69) is 5.32 Å². The van der Waals surface area contributed by atoms with Crippen LogP contribution in [-0.2, 0) is 4.74 Å². The van der Waals surface area contributed by atoms with Crippen molar-refractivity contribution in [3.05, 3.63) is 71.1 Å². The van der Waals surface area contributed by atoms with Crippen molar-refractivity contribution in [1.29, 1.82) is 0 Å². The van der Waals surface area contributed by atoms with Crippen LogP contribution in [0.4, 0.5) is 5.69 Å². The third-order valence-corrected chi connectivity index (χ3v) is 4.91. The van der Waals surface area contributed by atoms with Crippen molar-refractivity contribution in [2.45, 2.75) is 0 Å². The summed E-state index contributed by atoms with van der Waals surface area (Å²) in [5, 5.41) is 2.80. The second-order valence-corrected chi connectivity index (χ2v) is 6.45. The Balaban J connectivity index is 1.94. The molecule has 0 aliphatic rings. The molecule has 0 unspecified atom stereocenters. The van der Waals surface area contributed by atoms with Crippen LogP contribution in [0.5, 0.6) is 5.75 Å². The molecular formula is C20H17NO4S. The van der Waals surface area contributed by atoms with Crippen LogP contribution in [0.1, 0.15) is 20.0 Å². The summed E-state index contributed by atoms with van der Waals surface area (Å²) in [6, 6.07) is 18.2. The van der Waals surface area contributed by atoms with Crippen molar-refractivity contribution in [1.82, 2.24) is 0 Å². The van der Waals surface area contributed by atoms with E-state index in [4.69, 9.17) is 9.47 Å². The molecule has 0 saturated carbocycles. The molecular weight excluding hydrogens is 350 g/mol. The molecule has 132 valence electrons. The van der Waals surface area contributed by atoms with E-state index < -0.39 is 5.97 Å². The number of anilines is 1. The van der Waals surface area contributed by atoms with Gasteiger partial charge in [0.1, 0.15) is 10.6 Å². The van der Waals surface area contributed by atoms with Crippen LogP contribution in [0, 0.1) is 0 Å². The highest BCUT2D eigenvalue weighted by Crippen LogP contribution is 2.35. The number of amides is 1. The third-order valence-electron chi connectivity index (χ3n) is 3.74. The van der Waals surface area contributed by atoms with Crippen molar-refractivity contribution in [2.75, 3.05) is 19.5 Å². The smallest absolute Gasteiger partial charge is 0.350 e. The van der Waals surface area contributed by atoms with Gasteiger partial charge in [0.25, 0.3) is 5.91 Å². The van der Waals surface area contributed by atoms with Gasteiger partial charge in [0, 0.05) is 10.4 Å². The minimum Gasteiger partial charge on any atom is -0.497 e. The predicted molar refractivity (Wildman–Crippen MR) is 102 cm³/mol. The second kappa shape index (κ2) is 7.84. The van der Waals surface area contributed by atoms with Gasteiger partial charge in [0.05, 0.1) is 19.9 Å². The first-order valence-corrected chi connectivity index (χ1v) is 8.67. The summed E-state index contributed by atoms with van der Waals surface area (Å²) in [6.45, 7) is 0. The average molecular weight is 367 g/mol. The van der Waals surface area contributed by atoms with Crippen LogP contribution in [0.2, 0.25) is 0 Å². The van der Waals surface area contributed by atoms with Gasteiger partial charge in [-0.05, 0) is 29.8 Å². The van der Waals surface area contributed by atoms with Gasteiger partial charge in [-0.2, -0.15) is 0 Å². The topological polar surface area (TPSA) is 64.6 Å². The molecule has 1 aromatic heterocycles. The van der Waals surface area contributed by atoms with Crippen molar-refractivity contribution in [3.63, 3.8) is 0 Å². The van der Waals surface area contributed by atoms with Gasteiger partial charge in [0.15, 0.2) is 0 Å². The molecule has 1 amide bonds. The van der Waals surface area contributed by atoms with Crippen LogP contribution in [0.15, 0.2) is 60.7 Å².